The van der Waals surface area contributed by atoms with Crippen LogP contribution in [0.5, 0.6) is 28.7 Å². The van der Waals surface area contributed by atoms with Gasteiger partial charge in [0.25, 0.3) is 0 Å². The van der Waals surface area contributed by atoms with E-state index in [1.165, 1.54) is 21.3 Å². The molecule has 0 bridgehead atoms. The van der Waals surface area contributed by atoms with E-state index in [0.717, 1.165) is 11.1 Å². The van der Waals surface area contributed by atoms with Gasteiger partial charge in [0.15, 0.2) is 34.9 Å². The number of hydrogen-bond donors (Lipinski definition) is 0. The first-order valence-electron chi connectivity index (χ1n) is 10.4. The second-order valence-electron chi connectivity index (χ2n) is 7.44. The molecule has 2 atom stereocenters. The predicted molar refractivity (Wildman–Crippen MR) is 122 cm³/mol. The number of hydrogen-bond acceptors (Lipinski definition) is 7. The summed E-state index contributed by atoms with van der Waals surface area (Å²) in [6.07, 6.45) is -0.982. The van der Waals surface area contributed by atoms with Gasteiger partial charge in [0.1, 0.15) is 12.7 Å². The fraction of sp³-hybridized carbons (Fsp3) is 0.269. The fourth-order valence-corrected chi connectivity index (χ4v) is 3.67. The van der Waals surface area contributed by atoms with Crippen molar-refractivity contribution in [3.63, 3.8) is 0 Å². The summed E-state index contributed by atoms with van der Waals surface area (Å²) in [5, 5.41) is 0. The standard InChI is InChI=1S/C26H26O7/c1-28-19-11-10-17(12-20(19)32-15-16-8-6-5-7-9-16)24-26(33-24)23(27)18-13-21(29-2)25(31-4)22(14-18)30-3/h5-14,24,26H,15H2,1-4H3. The van der Waals surface area contributed by atoms with Gasteiger partial charge < -0.3 is 28.4 Å². The maximum atomic E-state index is 13.1. The molecule has 0 amide bonds. The Kier molecular flexibility index (Phi) is 6.70. The summed E-state index contributed by atoms with van der Waals surface area (Å²) in [6.45, 7) is 0.403. The third-order valence-corrected chi connectivity index (χ3v) is 5.45. The van der Waals surface area contributed by atoms with E-state index in [1.54, 1.807) is 19.2 Å². The van der Waals surface area contributed by atoms with Crippen molar-refractivity contribution in [2.75, 3.05) is 28.4 Å². The van der Waals surface area contributed by atoms with Gasteiger partial charge in [-0.2, -0.15) is 0 Å². The molecule has 1 fully saturated rings. The first-order valence-corrected chi connectivity index (χ1v) is 10.4. The number of rotatable bonds is 10. The molecule has 1 aliphatic rings. The van der Waals surface area contributed by atoms with Crippen LogP contribution < -0.4 is 23.7 Å². The average Bonchev–Trinajstić information content (AvgIpc) is 3.67. The number of Topliss-reactive ketones (excluding diaryl/α,β-unsaturated/α-hetero) is 1. The number of benzene rings is 3. The predicted octanol–water partition coefficient (Wildman–Crippen LogP) is 4.62. The van der Waals surface area contributed by atoms with Crippen LogP contribution in [0.25, 0.3) is 0 Å². The Bertz CT molecular complexity index is 1100. The monoisotopic (exact) mass is 450 g/mol. The molecule has 0 radical (unpaired) electrons. The van der Waals surface area contributed by atoms with E-state index >= 15 is 0 Å². The number of ether oxygens (including phenoxy) is 6. The first kappa shape index (κ1) is 22.5. The molecule has 0 aromatic heterocycles. The zero-order valence-corrected chi connectivity index (χ0v) is 19.0. The summed E-state index contributed by atoms with van der Waals surface area (Å²) in [5.74, 6) is 2.30. The van der Waals surface area contributed by atoms with E-state index in [1.807, 2.05) is 48.5 Å². The molecule has 3 aromatic rings. The molecule has 0 spiro atoms. The van der Waals surface area contributed by atoms with Crippen molar-refractivity contribution in [2.45, 2.75) is 18.8 Å². The third-order valence-electron chi connectivity index (χ3n) is 5.45. The highest BCUT2D eigenvalue weighted by Crippen LogP contribution is 2.45. The maximum Gasteiger partial charge on any atom is 0.203 e. The molecular weight excluding hydrogens is 424 g/mol. The van der Waals surface area contributed by atoms with Crippen molar-refractivity contribution < 1.29 is 33.2 Å². The van der Waals surface area contributed by atoms with Crippen molar-refractivity contribution in [2.24, 2.45) is 0 Å². The van der Waals surface area contributed by atoms with Crippen LogP contribution in [0.15, 0.2) is 60.7 Å². The highest BCUT2D eigenvalue weighted by molar-refractivity contribution is 6.02. The highest BCUT2D eigenvalue weighted by Gasteiger charge is 2.46. The van der Waals surface area contributed by atoms with Gasteiger partial charge in [-0.25, -0.2) is 0 Å². The second kappa shape index (κ2) is 9.83. The van der Waals surface area contributed by atoms with Gasteiger partial charge >= 0.3 is 0 Å². The quantitative estimate of drug-likeness (QED) is 0.329. The minimum Gasteiger partial charge on any atom is -0.493 e. The Labute approximate surface area is 192 Å². The Morgan fingerprint density at radius 1 is 0.788 bits per heavy atom. The summed E-state index contributed by atoms with van der Waals surface area (Å²) in [5.41, 5.74) is 2.30. The SMILES string of the molecule is COc1ccc(C2OC2C(=O)c2cc(OC)c(OC)c(OC)c2)cc1OCc1ccccc1. The lowest BCUT2D eigenvalue weighted by atomic mass is 10.0. The van der Waals surface area contributed by atoms with Gasteiger partial charge in [0.2, 0.25) is 5.75 Å². The Morgan fingerprint density at radius 3 is 2.06 bits per heavy atom. The zero-order chi connectivity index (χ0) is 23.4. The molecule has 2 unspecified atom stereocenters. The van der Waals surface area contributed by atoms with Crippen LogP contribution in [0.2, 0.25) is 0 Å². The maximum absolute atomic E-state index is 13.1. The lowest BCUT2D eigenvalue weighted by molar-refractivity contribution is 0.0953. The van der Waals surface area contributed by atoms with E-state index in [-0.39, 0.29) is 11.9 Å². The molecule has 0 N–H and O–H groups in total. The molecule has 1 saturated heterocycles. The number of epoxide rings is 1. The summed E-state index contributed by atoms with van der Waals surface area (Å²) in [7, 11) is 6.13. The molecule has 1 heterocycles. The van der Waals surface area contributed by atoms with E-state index in [2.05, 4.69) is 0 Å². The first-order chi connectivity index (χ1) is 16.1. The number of ketones is 1. The molecular formula is C26H26O7. The van der Waals surface area contributed by atoms with Crippen LogP contribution >= 0.6 is 0 Å². The molecule has 7 nitrogen and oxygen atoms in total. The number of methoxy groups -OCH3 is 4. The van der Waals surface area contributed by atoms with Crippen molar-refractivity contribution in [1.29, 1.82) is 0 Å². The van der Waals surface area contributed by atoms with Crippen molar-refractivity contribution >= 4 is 5.78 Å². The molecule has 3 aromatic carbocycles. The molecule has 4 rings (SSSR count). The van der Waals surface area contributed by atoms with E-state index in [4.69, 9.17) is 28.4 Å². The summed E-state index contributed by atoms with van der Waals surface area (Å²) in [4.78, 5) is 13.1. The van der Waals surface area contributed by atoms with Gasteiger partial charge in [-0.1, -0.05) is 36.4 Å². The molecule has 33 heavy (non-hydrogen) atoms. The lowest BCUT2D eigenvalue weighted by Crippen LogP contribution is -2.09. The zero-order valence-electron chi connectivity index (χ0n) is 19.0. The van der Waals surface area contributed by atoms with Crippen molar-refractivity contribution in [1.82, 2.24) is 0 Å². The minimum atomic E-state index is -0.608. The van der Waals surface area contributed by atoms with Crippen LogP contribution in [0, 0.1) is 0 Å². The Hall–Kier alpha value is -3.71. The number of carbonyl (C=O) groups is 1. The second-order valence-corrected chi connectivity index (χ2v) is 7.44. The van der Waals surface area contributed by atoms with Gasteiger partial charge in [0, 0.05) is 5.56 Å². The molecule has 0 saturated carbocycles. The third kappa shape index (κ3) is 4.73. The molecule has 0 aliphatic carbocycles. The normalized spacial score (nSPS) is 16.6. The average molecular weight is 450 g/mol. The summed E-state index contributed by atoms with van der Waals surface area (Å²) >= 11 is 0. The summed E-state index contributed by atoms with van der Waals surface area (Å²) < 4.78 is 33.2. The topological polar surface area (TPSA) is 75.8 Å². The fourth-order valence-electron chi connectivity index (χ4n) is 3.67. The van der Waals surface area contributed by atoms with Crippen LogP contribution in [0.4, 0.5) is 0 Å². The molecule has 7 heteroatoms. The van der Waals surface area contributed by atoms with Crippen LogP contribution in [0.3, 0.4) is 0 Å². The van der Waals surface area contributed by atoms with Gasteiger partial charge in [-0.05, 0) is 35.4 Å². The largest absolute Gasteiger partial charge is 0.493 e. The van der Waals surface area contributed by atoms with Crippen LogP contribution in [-0.2, 0) is 11.3 Å². The minimum absolute atomic E-state index is 0.165. The van der Waals surface area contributed by atoms with Crippen LogP contribution in [-0.4, -0.2) is 40.3 Å². The van der Waals surface area contributed by atoms with E-state index in [0.29, 0.717) is 40.9 Å². The number of carbonyl (C=O) groups excluding carboxylic acids is 1. The molecule has 1 aliphatic heterocycles. The van der Waals surface area contributed by atoms with Gasteiger partial charge in [-0.3, -0.25) is 4.79 Å². The van der Waals surface area contributed by atoms with Gasteiger partial charge in [0.05, 0.1) is 28.4 Å². The smallest absolute Gasteiger partial charge is 0.203 e. The van der Waals surface area contributed by atoms with Crippen molar-refractivity contribution in [3.05, 3.63) is 77.4 Å². The van der Waals surface area contributed by atoms with E-state index < -0.39 is 6.10 Å². The molecule has 172 valence electrons. The highest BCUT2D eigenvalue weighted by atomic mass is 16.6. The Morgan fingerprint density at radius 2 is 1.45 bits per heavy atom. The Balaban J connectivity index is 1.52. The van der Waals surface area contributed by atoms with Crippen molar-refractivity contribution in [3.8, 4) is 28.7 Å². The van der Waals surface area contributed by atoms with Gasteiger partial charge in [-0.15, -0.1) is 0 Å². The van der Waals surface area contributed by atoms with Crippen LogP contribution in [0.1, 0.15) is 27.6 Å². The van der Waals surface area contributed by atoms with E-state index in [9.17, 15) is 4.79 Å². The lowest BCUT2D eigenvalue weighted by Gasteiger charge is -2.13. The summed E-state index contributed by atoms with van der Waals surface area (Å²) in [6, 6.07) is 18.7.